The van der Waals surface area contributed by atoms with Gasteiger partial charge in [-0.1, -0.05) is 6.92 Å². The zero-order valence-electron chi connectivity index (χ0n) is 9.44. The number of esters is 1. The van der Waals surface area contributed by atoms with Gasteiger partial charge in [0.1, 0.15) is 6.10 Å². The van der Waals surface area contributed by atoms with Crippen molar-refractivity contribution in [2.75, 3.05) is 6.54 Å². The molecule has 0 unspecified atom stereocenters. The van der Waals surface area contributed by atoms with E-state index in [1.165, 1.54) is 0 Å². The van der Waals surface area contributed by atoms with Crippen molar-refractivity contribution in [3.05, 3.63) is 0 Å². The third-order valence-corrected chi connectivity index (χ3v) is 4.34. The smallest absolute Gasteiger partial charge is 0.310 e. The predicted octanol–water partition coefficient (Wildman–Crippen LogP) is 0.710. The van der Waals surface area contributed by atoms with Crippen molar-refractivity contribution in [1.82, 2.24) is 5.32 Å². The molecule has 4 nitrogen and oxygen atoms in total. The molecule has 0 aromatic rings. The van der Waals surface area contributed by atoms with E-state index in [4.69, 9.17) is 4.74 Å². The Hall–Kier alpha value is -1.06. The number of ether oxygens (including phenoxy) is 1. The Morgan fingerprint density at radius 3 is 3.06 bits per heavy atom. The highest BCUT2D eigenvalue weighted by Crippen LogP contribution is 2.57. The lowest BCUT2D eigenvalue weighted by Crippen LogP contribution is -2.40. The van der Waals surface area contributed by atoms with E-state index in [2.05, 4.69) is 5.32 Å². The van der Waals surface area contributed by atoms with Crippen LogP contribution in [0.15, 0.2) is 0 Å². The van der Waals surface area contributed by atoms with Crippen molar-refractivity contribution >= 4 is 11.9 Å². The molecular formula is C12H17NO3. The summed E-state index contributed by atoms with van der Waals surface area (Å²) in [5.41, 5.74) is 0. The van der Waals surface area contributed by atoms with Crippen molar-refractivity contribution in [3.63, 3.8) is 0 Å². The molecule has 1 N–H and O–H groups in total. The van der Waals surface area contributed by atoms with E-state index in [0.717, 1.165) is 19.3 Å². The van der Waals surface area contributed by atoms with Gasteiger partial charge in [0.15, 0.2) is 0 Å². The van der Waals surface area contributed by atoms with Crippen LogP contribution in [0.2, 0.25) is 0 Å². The van der Waals surface area contributed by atoms with Gasteiger partial charge in [-0.2, -0.15) is 0 Å². The average molecular weight is 223 g/mol. The van der Waals surface area contributed by atoms with Crippen LogP contribution in [0.4, 0.5) is 0 Å². The molecule has 1 saturated heterocycles. The summed E-state index contributed by atoms with van der Waals surface area (Å²) in [5.74, 6) is 0.393. The first-order valence-corrected chi connectivity index (χ1v) is 6.20. The Morgan fingerprint density at radius 2 is 2.31 bits per heavy atom. The molecule has 2 bridgehead atoms. The van der Waals surface area contributed by atoms with E-state index in [-0.39, 0.29) is 29.8 Å². The van der Waals surface area contributed by atoms with Gasteiger partial charge in [-0.15, -0.1) is 0 Å². The second-order valence-corrected chi connectivity index (χ2v) is 5.21. The number of fused-ring (bicyclic) bond motifs is 1. The van der Waals surface area contributed by atoms with Gasteiger partial charge >= 0.3 is 5.97 Å². The topological polar surface area (TPSA) is 55.4 Å². The van der Waals surface area contributed by atoms with E-state index < -0.39 is 0 Å². The molecule has 1 amide bonds. The average Bonchev–Trinajstić information content (AvgIpc) is 2.85. The summed E-state index contributed by atoms with van der Waals surface area (Å²) < 4.78 is 5.31. The number of hydrogen-bond acceptors (Lipinski definition) is 3. The number of hydrogen-bond donors (Lipinski definition) is 1. The normalized spacial score (nSPS) is 43.6. The van der Waals surface area contributed by atoms with Crippen LogP contribution >= 0.6 is 0 Å². The summed E-state index contributed by atoms with van der Waals surface area (Å²) in [6.07, 6.45) is 2.96. The first-order valence-electron chi connectivity index (χ1n) is 6.20. The van der Waals surface area contributed by atoms with E-state index in [1.807, 2.05) is 6.92 Å². The molecule has 3 rings (SSSR count). The molecule has 0 spiro atoms. The van der Waals surface area contributed by atoms with Gasteiger partial charge in [-0.3, -0.25) is 9.59 Å². The van der Waals surface area contributed by atoms with Crippen LogP contribution in [-0.4, -0.2) is 24.5 Å². The summed E-state index contributed by atoms with van der Waals surface area (Å²) in [6, 6.07) is 0. The van der Waals surface area contributed by atoms with Gasteiger partial charge in [0, 0.05) is 12.5 Å². The first kappa shape index (κ1) is 10.1. The van der Waals surface area contributed by atoms with Gasteiger partial charge in [-0.25, -0.2) is 0 Å². The highest BCUT2D eigenvalue weighted by Gasteiger charge is 2.63. The Bertz CT molecular complexity index is 339. The second-order valence-electron chi connectivity index (χ2n) is 5.21. The molecule has 2 aliphatic carbocycles. The van der Waals surface area contributed by atoms with Crippen LogP contribution in [0.5, 0.6) is 0 Å². The molecule has 16 heavy (non-hydrogen) atoms. The molecule has 0 aromatic heterocycles. The van der Waals surface area contributed by atoms with Crippen molar-refractivity contribution in [1.29, 1.82) is 0 Å². The SMILES string of the molecule is CCCNC(=O)[C@H]1[C@H]2C[C@@H]3[C@@H]1C(=O)O[C@@H]3C2. The molecule has 88 valence electrons. The first-order chi connectivity index (χ1) is 7.72. The molecule has 3 fully saturated rings. The molecule has 0 aromatic carbocycles. The lowest BCUT2D eigenvalue weighted by Gasteiger charge is -2.23. The largest absolute Gasteiger partial charge is 0.462 e. The summed E-state index contributed by atoms with van der Waals surface area (Å²) >= 11 is 0. The van der Waals surface area contributed by atoms with Gasteiger partial charge in [0.25, 0.3) is 0 Å². The van der Waals surface area contributed by atoms with E-state index in [9.17, 15) is 9.59 Å². The van der Waals surface area contributed by atoms with Crippen molar-refractivity contribution in [2.45, 2.75) is 32.3 Å². The Balaban J connectivity index is 1.77. The number of amides is 1. The zero-order valence-corrected chi connectivity index (χ0v) is 9.44. The van der Waals surface area contributed by atoms with Gasteiger partial charge < -0.3 is 10.1 Å². The number of carbonyl (C=O) groups excluding carboxylic acids is 2. The van der Waals surface area contributed by atoms with Crippen LogP contribution in [0.25, 0.3) is 0 Å². The van der Waals surface area contributed by atoms with E-state index in [0.29, 0.717) is 18.4 Å². The quantitative estimate of drug-likeness (QED) is 0.717. The molecule has 5 atom stereocenters. The minimum atomic E-state index is -0.138. The van der Waals surface area contributed by atoms with Crippen LogP contribution < -0.4 is 5.32 Å². The summed E-state index contributed by atoms with van der Waals surface area (Å²) in [4.78, 5) is 23.7. The predicted molar refractivity (Wildman–Crippen MR) is 56.4 cm³/mol. The third-order valence-electron chi connectivity index (χ3n) is 4.34. The molecule has 2 saturated carbocycles. The molecular weight excluding hydrogens is 206 g/mol. The molecule has 1 aliphatic heterocycles. The highest BCUT2D eigenvalue weighted by atomic mass is 16.6. The van der Waals surface area contributed by atoms with Gasteiger partial charge in [-0.05, 0) is 25.2 Å². The molecule has 3 aliphatic rings. The highest BCUT2D eigenvalue weighted by molar-refractivity contribution is 5.88. The number of rotatable bonds is 3. The summed E-state index contributed by atoms with van der Waals surface area (Å²) in [5, 5.41) is 2.92. The summed E-state index contributed by atoms with van der Waals surface area (Å²) in [7, 11) is 0. The van der Waals surface area contributed by atoms with Gasteiger partial charge in [0.05, 0.1) is 11.8 Å². The van der Waals surface area contributed by atoms with Crippen molar-refractivity contribution in [3.8, 4) is 0 Å². The Morgan fingerprint density at radius 1 is 1.50 bits per heavy atom. The maximum Gasteiger partial charge on any atom is 0.310 e. The number of carbonyl (C=O) groups is 2. The van der Waals surface area contributed by atoms with Gasteiger partial charge in [0.2, 0.25) is 5.91 Å². The van der Waals surface area contributed by atoms with Crippen LogP contribution in [0.3, 0.4) is 0 Å². The standard InChI is InChI=1S/C12H17NO3/c1-2-3-13-11(14)9-6-4-7-8(5-6)16-12(15)10(7)9/h6-10H,2-5H2,1H3,(H,13,14)/t6-,7-,8+,9-,10-/m0/s1. The summed E-state index contributed by atoms with van der Waals surface area (Å²) in [6.45, 7) is 2.73. The molecule has 1 heterocycles. The Kier molecular flexibility index (Phi) is 2.19. The number of nitrogens with one attached hydrogen (secondary N) is 1. The lowest BCUT2D eigenvalue weighted by atomic mass is 9.79. The maximum absolute atomic E-state index is 12.0. The van der Waals surface area contributed by atoms with Crippen LogP contribution in [0.1, 0.15) is 26.2 Å². The zero-order chi connectivity index (χ0) is 11.3. The van der Waals surface area contributed by atoms with E-state index in [1.54, 1.807) is 0 Å². The maximum atomic E-state index is 12.0. The fraction of sp³-hybridized carbons (Fsp3) is 0.833. The van der Waals surface area contributed by atoms with Crippen molar-refractivity contribution in [2.24, 2.45) is 23.7 Å². The van der Waals surface area contributed by atoms with Crippen LogP contribution in [-0.2, 0) is 14.3 Å². The fourth-order valence-electron chi connectivity index (χ4n) is 3.73. The minimum Gasteiger partial charge on any atom is -0.462 e. The van der Waals surface area contributed by atoms with Crippen LogP contribution in [0, 0.1) is 23.7 Å². The van der Waals surface area contributed by atoms with E-state index >= 15 is 0 Å². The molecule has 4 heteroatoms. The monoisotopic (exact) mass is 223 g/mol. The molecule has 0 radical (unpaired) electrons. The fourth-order valence-corrected chi connectivity index (χ4v) is 3.73. The van der Waals surface area contributed by atoms with Crippen molar-refractivity contribution < 1.29 is 14.3 Å². The Labute approximate surface area is 94.7 Å². The third kappa shape index (κ3) is 1.22. The lowest BCUT2D eigenvalue weighted by molar-refractivity contribution is -0.146. The second kappa shape index (κ2) is 3.47. The minimum absolute atomic E-state index is 0.0663.